The van der Waals surface area contributed by atoms with Crippen LogP contribution in [0.5, 0.6) is 0 Å². The molecule has 0 aliphatic rings. The fraction of sp³-hybridized carbons (Fsp3) is 0.769. The number of aryl methyl sites for hydroxylation is 2. The quantitative estimate of drug-likeness (QED) is 0.665. The first-order chi connectivity index (χ1) is 7.74. The molecule has 0 aromatic carbocycles. The van der Waals surface area contributed by atoms with Gasteiger partial charge < -0.3 is 5.32 Å². The van der Waals surface area contributed by atoms with E-state index in [1.807, 2.05) is 6.20 Å². The Hall–Kier alpha value is -0.830. The first-order valence-corrected chi connectivity index (χ1v) is 6.46. The van der Waals surface area contributed by atoms with Crippen LogP contribution in [0.4, 0.5) is 0 Å². The second-order valence-electron chi connectivity index (χ2n) is 4.62. The van der Waals surface area contributed by atoms with Crippen molar-refractivity contribution in [1.29, 1.82) is 0 Å². The summed E-state index contributed by atoms with van der Waals surface area (Å²) in [5.41, 5.74) is 2.56. The Balaban J connectivity index is 2.06. The highest BCUT2D eigenvalue weighted by Gasteiger charge is 2.02. The number of nitrogens with one attached hydrogen (secondary N) is 2. The van der Waals surface area contributed by atoms with Crippen LogP contribution in [0.15, 0.2) is 6.20 Å². The Morgan fingerprint density at radius 3 is 2.88 bits per heavy atom. The molecular formula is C13H25N3. The lowest BCUT2D eigenvalue weighted by Crippen LogP contribution is -2.27. The van der Waals surface area contributed by atoms with Crippen LogP contribution in [0.1, 0.15) is 50.8 Å². The van der Waals surface area contributed by atoms with Gasteiger partial charge in [-0.25, -0.2) is 0 Å². The molecule has 0 aliphatic carbocycles. The van der Waals surface area contributed by atoms with Crippen molar-refractivity contribution < 1.29 is 0 Å². The lowest BCUT2D eigenvalue weighted by atomic mass is 10.1. The molecule has 0 amide bonds. The van der Waals surface area contributed by atoms with E-state index in [0.29, 0.717) is 6.04 Å². The van der Waals surface area contributed by atoms with Crippen LogP contribution in [-0.4, -0.2) is 22.8 Å². The van der Waals surface area contributed by atoms with Crippen molar-refractivity contribution in [3.63, 3.8) is 0 Å². The molecule has 1 atom stereocenters. The third kappa shape index (κ3) is 4.79. The lowest BCUT2D eigenvalue weighted by molar-refractivity contribution is 0.489. The average Bonchev–Trinajstić information content (AvgIpc) is 2.67. The van der Waals surface area contributed by atoms with Crippen LogP contribution in [0.25, 0.3) is 0 Å². The number of H-pyrrole nitrogens is 1. The van der Waals surface area contributed by atoms with E-state index in [-0.39, 0.29) is 0 Å². The van der Waals surface area contributed by atoms with Gasteiger partial charge >= 0.3 is 0 Å². The summed E-state index contributed by atoms with van der Waals surface area (Å²) in [4.78, 5) is 0. The van der Waals surface area contributed by atoms with Crippen molar-refractivity contribution in [2.75, 3.05) is 6.54 Å². The maximum Gasteiger partial charge on any atom is 0.0522 e. The minimum atomic E-state index is 0.658. The van der Waals surface area contributed by atoms with Gasteiger partial charge in [0.15, 0.2) is 0 Å². The average molecular weight is 223 g/mol. The molecule has 1 aromatic heterocycles. The van der Waals surface area contributed by atoms with E-state index in [0.717, 1.165) is 13.0 Å². The number of aromatic nitrogens is 2. The summed E-state index contributed by atoms with van der Waals surface area (Å²) < 4.78 is 0. The Morgan fingerprint density at radius 1 is 1.44 bits per heavy atom. The standard InChI is InChI=1S/C13H25N3/c1-4-5-7-11(2)14-9-6-8-13-10-15-16-12(13)3/h10-11,14H,4-9H2,1-3H3,(H,15,16). The molecule has 0 saturated heterocycles. The second-order valence-corrected chi connectivity index (χ2v) is 4.62. The predicted octanol–water partition coefficient (Wildman–Crippen LogP) is 2.82. The topological polar surface area (TPSA) is 40.7 Å². The van der Waals surface area contributed by atoms with Gasteiger partial charge in [-0.2, -0.15) is 5.10 Å². The fourth-order valence-electron chi connectivity index (χ4n) is 1.87. The molecule has 3 nitrogen and oxygen atoms in total. The van der Waals surface area contributed by atoms with E-state index in [1.165, 1.54) is 36.9 Å². The third-order valence-electron chi connectivity index (χ3n) is 3.04. The zero-order chi connectivity index (χ0) is 11.8. The third-order valence-corrected chi connectivity index (χ3v) is 3.04. The first kappa shape index (κ1) is 13.2. The highest BCUT2D eigenvalue weighted by atomic mass is 15.1. The molecule has 0 saturated carbocycles. The van der Waals surface area contributed by atoms with E-state index >= 15 is 0 Å². The molecule has 92 valence electrons. The molecule has 1 heterocycles. The van der Waals surface area contributed by atoms with Crippen LogP contribution < -0.4 is 5.32 Å². The van der Waals surface area contributed by atoms with Gasteiger partial charge in [0.25, 0.3) is 0 Å². The predicted molar refractivity (Wildman–Crippen MR) is 68.6 cm³/mol. The van der Waals surface area contributed by atoms with Crippen molar-refractivity contribution in [3.8, 4) is 0 Å². The van der Waals surface area contributed by atoms with Gasteiger partial charge in [-0.1, -0.05) is 19.8 Å². The summed E-state index contributed by atoms with van der Waals surface area (Å²) in [6, 6.07) is 0.658. The number of nitrogens with zero attached hydrogens (tertiary/aromatic N) is 1. The molecule has 3 heteroatoms. The molecule has 0 radical (unpaired) electrons. The van der Waals surface area contributed by atoms with Gasteiger partial charge in [0, 0.05) is 11.7 Å². The monoisotopic (exact) mass is 223 g/mol. The van der Waals surface area contributed by atoms with Crippen LogP contribution in [0.2, 0.25) is 0 Å². The number of hydrogen-bond donors (Lipinski definition) is 2. The van der Waals surface area contributed by atoms with Gasteiger partial charge in [0.1, 0.15) is 0 Å². The van der Waals surface area contributed by atoms with Gasteiger partial charge in [-0.05, 0) is 45.2 Å². The zero-order valence-electron chi connectivity index (χ0n) is 10.8. The Kier molecular flexibility index (Phi) is 6.16. The van der Waals surface area contributed by atoms with Crippen molar-refractivity contribution in [1.82, 2.24) is 15.5 Å². The van der Waals surface area contributed by atoms with E-state index in [2.05, 4.69) is 36.3 Å². The van der Waals surface area contributed by atoms with Crippen molar-refractivity contribution in [2.24, 2.45) is 0 Å². The molecule has 16 heavy (non-hydrogen) atoms. The largest absolute Gasteiger partial charge is 0.314 e. The highest BCUT2D eigenvalue weighted by molar-refractivity contribution is 5.14. The normalized spacial score (nSPS) is 12.9. The maximum atomic E-state index is 4.03. The van der Waals surface area contributed by atoms with E-state index in [9.17, 15) is 0 Å². The lowest BCUT2D eigenvalue weighted by Gasteiger charge is -2.12. The summed E-state index contributed by atoms with van der Waals surface area (Å²) >= 11 is 0. The fourth-order valence-corrected chi connectivity index (χ4v) is 1.87. The van der Waals surface area contributed by atoms with Gasteiger partial charge in [0.05, 0.1) is 6.20 Å². The molecule has 1 aromatic rings. The summed E-state index contributed by atoms with van der Waals surface area (Å²) in [5.74, 6) is 0. The Morgan fingerprint density at radius 2 is 2.25 bits per heavy atom. The minimum absolute atomic E-state index is 0.658. The van der Waals surface area contributed by atoms with Crippen molar-refractivity contribution >= 4 is 0 Å². The van der Waals surface area contributed by atoms with E-state index in [4.69, 9.17) is 0 Å². The summed E-state index contributed by atoms with van der Waals surface area (Å²) in [6.45, 7) is 7.71. The SMILES string of the molecule is CCCCC(C)NCCCc1cn[nH]c1C. The number of aromatic amines is 1. The smallest absolute Gasteiger partial charge is 0.0522 e. The molecule has 2 N–H and O–H groups in total. The van der Waals surface area contributed by atoms with Crippen LogP contribution >= 0.6 is 0 Å². The Labute approximate surface area is 99.0 Å². The maximum absolute atomic E-state index is 4.03. The molecule has 1 unspecified atom stereocenters. The number of rotatable bonds is 8. The van der Waals surface area contributed by atoms with Crippen LogP contribution in [-0.2, 0) is 6.42 Å². The molecule has 0 fully saturated rings. The first-order valence-electron chi connectivity index (χ1n) is 6.46. The van der Waals surface area contributed by atoms with E-state index < -0.39 is 0 Å². The second kappa shape index (κ2) is 7.44. The van der Waals surface area contributed by atoms with Crippen LogP contribution in [0.3, 0.4) is 0 Å². The summed E-state index contributed by atoms with van der Waals surface area (Å²) in [7, 11) is 0. The summed E-state index contributed by atoms with van der Waals surface area (Å²) in [5, 5.41) is 10.6. The molecule has 1 rings (SSSR count). The Bertz CT molecular complexity index is 280. The molecule has 0 aliphatic heterocycles. The number of hydrogen-bond acceptors (Lipinski definition) is 2. The zero-order valence-corrected chi connectivity index (χ0v) is 10.8. The number of unbranched alkanes of at least 4 members (excludes halogenated alkanes) is 1. The van der Waals surface area contributed by atoms with Gasteiger partial charge in [0.2, 0.25) is 0 Å². The molecule has 0 spiro atoms. The molecular weight excluding hydrogens is 198 g/mol. The highest BCUT2D eigenvalue weighted by Crippen LogP contribution is 2.05. The van der Waals surface area contributed by atoms with Gasteiger partial charge in [-0.3, -0.25) is 5.10 Å². The molecule has 0 bridgehead atoms. The van der Waals surface area contributed by atoms with Crippen LogP contribution in [0, 0.1) is 6.92 Å². The van der Waals surface area contributed by atoms with Gasteiger partial charge in [-0.15, -0.1) is 0 Å². The van der Waals surface area contributed by atoms with Crippen molar-refractivity contribution in [2.45, 2.75) is 58.9 Å². The minimum Gasteiger partial charge on any atom is -0.314 e. The van der Waals surface area contributed by atoms with E-state index in [1.54, 1.807) is 0 Å². The summed E-state index contributed by atoms with van der Waals surface area (Å²) in [6.07, 6.45) is 8.17. The van der Waals surface area contributed by atoms with Crippen molar-refractivity contribution in [3.05, 3.63) is 17.5 Å².